The molecule has 10 heteroatoms. The first-order valence-corrected chi connectivity index (χ1v) is 8.79. The van der Waals surface area contributed by atoms with E-state index >= 15 is 0 Å². The van der Waals surface area contributed by atoms with Gasteiger partial charge in [-0.25, -0.2) is 17.9 Å². The van der Waals surface area contributed by atoms with Gasteiger partial charge in [-0.2, -0.15) is 0 Å². The van der Waals surface area contributed by atoms with E-state index in [4.69, 9.17) is 21.1 Å². The van der Waals surface area contributed by atoms with E-state index < -0.39 is 28.0 Å². The number of ether oxygens (including phenoxy) is 2. The number of esters is 1. The van der Waals surface area contributed by atoms with Gasteiger partial charge in [0.25, 0.3) is 5.91 Å². The minimum absolute atomic E-state index is 0.0158. The molecule has 1 amide bonds. The van der Waals surface area contributed by atoms with Crippen LogP contribution in [0.25, 0.3) is 0 Å². The number of amides is 1. The van der Waals surface area contributed by atoms with Gasteiger partial charge in [0, 0.05) is 13.7 Å². The molecule has 0 radical (unpaired) electrons. The zero-order valence-electron chi connectivity index (χ0n) is 13.5. The van der Waals surface area contributed by atoms with Crippen LogP contribution in [-0.2, 0) is 24.3 Å². The van der Waals surface area contributed by atoms with E-state index in [1.807, 2.05) is 0 Å². The average molecular weight is 379 g/mol. The molecule has 0 aliphatic heterocycles. The third kappa shape index (κ3) is 5.45. The Morgan fingerprint density at radius 3 is 2.58 bits per heavy atom. The molecule has 1 aromatic carbocycles. The smallest absolute Gasteiger partial charge is 0.340 e. The Morgan fingerprint density at radius 1 is 1.33 bits per heavy atom. The highest BCUT2D eigenvalue weighted by molar-refractivity contribution is 7.89. The van der Waals surface area contributed by atoms with Crippen LogP contribution in [-0.4, -0.2) is 53.7 Å². The minimum atomic E-state index is -3.74. The van der Waals surface area contributed by atoms with Crippen molar-refractivity contribution in [3.05, 3.63) is 28.8 Å². The molecule has 0 fully saturated rings. The van der Waals surface area contributed by atoms with Gasteiger partial charge in [0.1, 0.15) is 0 Å². The zero-order valence-corrected chi connectivity index (χ0v) is 15.0. The second-order valence-electron chi connectivity index (χ2n) is 4.68. The van der Waals surface area contributed by atoms with E-state index in [1.54, 1.807) is 0 Å². The van der Waals surface area contributed by atoms with Crippen molar-refractivity contribution in [1.29, 1.82) is 0 Å². The number of rotatable bonds is 8. The van der Waals surface area contributed by atoms with Gasteiger partial charge >= 0.3 is 5.97 Å². The van der Waals surface area contributed by atoms with Crippen molar-refractivity contribution in [2.45, 2.75) is 17.9 Å². The quantitative estimate of drug-likeness (QED) is 0.505. The van der Waals surface area contributed by atoms with Crippen molar-refractivity contribution < 1.29 is 27.5 Å². The van der Waals surface area contributed by atoms with Gasteiger partial charge in [-0.05, 0) is 32.2 Å². The van der Waals surface area contributed by atoms with Crippen molar-refractivity contribution in [2.24, 2.45) is 0 Å². The monoisotopic (exact) mass is 378 g/mol. The molecule has 8 nitrogen and oxygen atoms in total. The summed E-state index contributed by atoms with van der Waals surface area (Å²) in [4.78, 5) is 23.8. The van der Waals surface area contributed by atoms with E-state index in [0.717, 1.165) is 6.07 Å². The molecule has 1 rings (SSSR count). The predicted molar refractivity (Wildman–Crippen MR) is 87.5 cm³/mol. The lowest BCUT2D eigenvalue weighted by atomic mass is 10.2. The summed E-state index contributed by atoms with van der Waals surface area (Å²) >= 11 is 5.92. The Bertz CT molecular complexity index is 707. The van der Waals surface area contributed by atoms with Crippen molar-refractivity contribution >= 4 is 33.5 Å². The Labute approximate surface area is 145 Å². The largest absolute Gasteiger partial charge is 0.449 e. The number of hydrogen-bond donors (Lipinski definition) is 2. The van der Waals surface area contributed by atoms with Gasteiger partial charge < -0.3 is 14.8 Å². The number of methoxy groups -OCH3 is 1. The standard InChI is InChI=1S/C14H19ClN2O6S/c1-9(13(18)17-6-7-22-3)23-14(19)11-8-10(4-5-12(11)15)24(20,21)16-2/h4-5,8-9,16H,6-7H2,1-3H3,(H,17,18)/t9-/m1/s1. The maximum atomic E-state index is 12.2. The average Bonchev–Trinajstić information content (AvgIpc) is 2.54. The first kappa shape index (κ1) is 20.4. The van der Waals surface area contributed by atoms with Crippen molar-refractivity contribution in [2.75, 3.05) is 27.3 Å². The summed E-state index contributed by atoms with van der Waals surface area (Å²) in [5, 5.41) is 2.54. The number of sulfonamides is 1. The number of hydrogen-bond acceptors (Lipinski definition) is 6. The molecule has 0 aliphatic carbocycles. The third-order valence-electron chi connectivity index (χ3n) is 3.00. The number of nitrogens with one attached hydrogen (secondary N) is 2. The first-order valence-electron chi connectivity index (χ1n) is 6.93. The van der Waals surface area contributed by atoms with Crippen LogP contribution < -0.4 is 10.0 Å². The summed E-state index contributed by atoms with van der Waals surface area (Å²) in [6.07, 6.45) is -1.07. The van der Waals surface area contributed by atoms with Gasteiger partial charge in [-0.1, -0.05) is 11.6 Å². The molecule has 0 aromatic heterocycles. The molecule has 0 saturated heterocycles. The zero-order chi connectivity index (χ0) is 18.3. The van der Waals surface area contributed by atoms with Crippen LogP contribution in [0.4, 0.5) is 0 Å². The Hall–Kier alpha value is -1.68. The van der Waals surface area contributed by atoms with Crippen molar-refractivity contribution in [3.63, 3.8) is 0 Å². The fourth-order valence-corrected chi connectivity index (χ4v) is 2.59. The molecule has 2 N–H and O–H groups in total. The van der Waals surface area contributed by atoms with Crippen LogP contribution in [0.3, 0.4) is 0 Å². The molecular weight excluding hydrogens is 360 g/mol. The third-order valence-corrected chi connectivity index (χ3v) is 4.74. The molecule has 0 aliphatic rings. The molecule has 24 heavy (non-hydrogen) atoms. The fraction of sp³-hybridized carbons (Fsp3) is 0.429. The molecular formula is C14H19ClN2O6S. The van der Waals surface area contributed by atoms with E-state index in [0.29, 0.717) is 6.61 Å². The maximum absolute atomic E-state index is 12.2. The highest BCUT2D eigenvalue weighted by Gasteiger charge is 2.22. The van der Waals surface area contributed by atoms with Crippen LogP contribution in [0.5, 0.6) is 0 Å². The van der Waals surface area contributed by atoms with Gasteiger partial charge in [0.05, 0.1) is 22.1 Å². The van der Waals surface area contributed by atoms with Crippen LogP contribution >= 0.6 is 11.6 Å². The van der Waals surface area contributed by atoms with Crippen molar-refractivity contribution in [1.82, 2.24) is 10.0 Å². The van der Waals surface area contributed by atoms with Crippen molar-refractivity contribution in [3.8, 4) is 0 Å². The number of benzene rings is 1. The molecule has 0 bridgehead atoms. The lowest BCUT2D eigenvalue weighted by Crippen LogP contribution is -2.37. The van der Waals surface area contributed by atoms with Gasteiger partial charge in [-0.3, -0.25) is 4.79 Å². The molecule has 1 aromatic rings. The summed E-state index contributed by atoms with van der Waals surface area (Å²) in [7, 11) is -1.01. The van der Waals surface area contributed by atoms with Gasteiger partial charge in [-0.15, -0.1) is 0 Å². The molecule has 0 spiro atoms. The minimum Gasteiger partial charge on any atom is -0.449 e. The Kier molecular flexibility index (Phi) is 7.61. The maximum Gasteiger partial charge on any atom is 0.340 e. The molecule has 0 unspecified atom stereocenters. The van der Waals surface area contributed by atoms with E-state index in [-0.39, 0.29) is 22.0 Å². The fourth-order valence-electron chi connectivity index (χ4n) is 1.64. The van der Waals surface area contributed by atoms with Crippen LogP contribution in [0.15, 0.2) is 23.1 Å². The second kappa shape index (κ2) is 8.97. The summed E-state index contributed by atoms with van der Waals surface area (Å²) in [6.45, 7) is 1.98. The predicted octanol–water partition coefficient (Wildman–Crippen LogP) is 0.556. The summed E-state index contributed by atoms with van der Waals surface area (Å²) in [5.41, 5.74) is -0.149. The SMILES string of the molecule is CNS(=O)(=O)c1ccc(Cl)c(C(=O)O[C@H](C)C(=O)NCCOC)c1. The van der Waals surface area contributed by atoms with E-state index in [1.165, 1.54) is 33.2 Å². The van der Waals surface area contributed by atoms with Gasteiger partial charge in [0.15, 0.2) is 6.10 Å². The summed E-state index contributed by atoms with van der Waals surface area (Å²) in [5.74, 6) is -1.40. The lowest BCUT2D eigenvalue weighted by Gasteiger charge is -2.14. The Balaban J connectivity index is 2.88. The number of carbonyl (C=O) groups is 2. The summed E-state index contributed by atoms with van der Waals surface area (Å²) < 4.78 is 35.5. The second-order valence-corrected chi connectivity index (χ2v) is 6.97. The van der Waals surface area contributed by atoms with Crippen LogP contribution in [0.1, 0.15) is 17.3 Å². The van der Waals surface area contributed by atoms with Crippen LogP contribution in [0.2, 0.25) is 5.02 Å². The normalized spacial score (nSPS) is 12.5. The molecule has 0 saturated carbocycles. The first-order chi connectivity index (χ1) is 11.2. The van der Waals surface area contributed by atoms with E-state index in [9.17, 15) is 18.0 Å². The molecule has 1 atom stereocenters. The summed E-state index contributed by atoms with van der Waals surface area (Å²) in [6, 6.07) is 3.61. The number of carbonyl (C=O) groups excluding carboxylic acids is 2. The van der Waals surface area contributed by atoms with E-state index in [2.05, 4.69) is 10.0 Å². The number of halogens is 1. The molecule has 0 heterocycles. The molecule has 134 valence electrons. The highest BCUT2D eigenvalue weighted by Crippen LogP contribution is 2.21. The topological polar surface area (TPSA) is 111 Å². The lowest BCUT2D eigenvalue weighted by molar-refractivity contribution is -0.129. The van der Waals surface area contributed by atoms with Gasteiger partial charge in [0.2, 0.25) is 10.0 Å². The Morgan fingerprint density at radius 2 is 2.00 bits per heavy atom. The highest BCUT2D eigenvalue weighted by atomic mass is 35.5. The van der Waals surface area contributed by atoms with Crippen LogP contribution in [0, 0.1) is 0 Å².